The van der Waals surface area contributed by atoms with Gasteiger partial charge in [-0.2, -0.15) is 0 Å². The molecule has 0 radical (unpaired) electrons. The van der Waals surface area contributed by atoms with E-state index < -0.39 is 0 Å². The van der Waals surface area contributed by atoms with Gasteiger partial charge in [0.2, 0.25) is 0 Å². The number of halogens is 1. The van der Waals surface area contributed by atoms with Crippen LogP contribution in [0.2, 0.25) is 0 Å². The lowest BCUT2D eigenvalue weighted by molar-refractivity contribution is 0.0953. The van der Waals surface area contributed by atoms with Crippen molar-refractivity contribution in [3.63, 3.8) is 0 Å². The lowest BCUT2D eigenvalue weighted by atomic mass is 10.2. The van der Waals surface area contributed by atoms with Gasteiger partial charge in [-0.15, -0.1) is 0 Å². The van der Waals surface area contributed by atoms with Gasteiger partial charge < -0.3 is 9.88 Å². The number of nitrogens with zero attached hydrogens (tertiary/aromatic N) is 3. The molecule has 0 aliphatic rings. The van der Waals surface area contributed by atoms with Gasteiger partial charge in [-0.05, 0) is 26.0 Å². The van der Waals surface area contributed by atoms with Gasteiger partial charge in [0.05, 0.1) is 11.0 Å². The summed E-state index contributed by atoms with van der Waals surface area (Å²) in [5, 5.41) is 3.38. The third-order valence-corrected chi connectivity index (χ3v) is 4.10. The van der Waals surface area contributed by atoms with Crippen molar-refractivity contribution in [2.45, 2.75) is 19.9 Å². The lowest BCUT2D eigenvalue weighted by Gasteiger charge is -2.15. The Morgan fingerprint density at radius 3 is 2.65 bits per heavy atom. The van der Waals surface area contributed by atoms with Crippen LogP contribution in [-0.2, 0) is 0 Å². The Morgan fingerprint density at radius 2 is 2.00 bits per heavy atom. The third-order valence-electron chi connectivity index (χ3n) is 3.70. The number of para-hydroxylation sites is 2. The van der Waals surface area contributed by atoms with Crippen LogP contribution < -0.4 is 10.9 Å². The molecule has 0 fully saturated rings. The molecule has 1 aromatic carbocycles. The summed E-state index contributed by atoms with van der Waals surface area (Å²) < 4.78 is 3.40. The smallest absolute Gasteiger partial charge is 0.278 e. The monoisotopic (exact) mass is 376 g/mol. The number of aromatic nitrogens is 3. The molecule has 120 valence electrons. The van der Waals surface area contributed by atoms with E-state index in [1.165, 1.54) is 6.33 Å². The van der Waals surface area contributed by atoms with E-state index >= 15 is 0 Å². The van der Waals surface area contributed by atoms with Crippen molar-refractivity contribution in [2.24, 2.45) is 0 Å². The lowest BCUT2D eigenvalue weighted by Crippen LogP contribution is -2.29. The fourth-order valence-electron chi connectivity index (χ4n) is 2.75. The van der Waals surface area contributed by atoms with Crippen LogP contribution in [0.25, 0.3) is 16.6 Å². The first-order valence-electron chi connectivity index (χ1n) is 7.40. The number of hydrogen-bond acceptors (Lipinski definition) is 3. The van der Waals surface area contributed by atoms with Crippen molar-refractivity contribution < 1.29 is 4.79 Å². The summed E-state index contributed by atoms with van der Waals surface area (Å²) in [6.07, 6.45) is 1.53. The molecule has 3 aromatic rings. The predicted molar refractivity (Wildman–Crippen MR) is 93.5 cm³/mol. The molecule has 0 saturated carbocycles. The largest absolute Gasteiger partial charge is 0.350 e. The number of carbonyl (C=O) groups is 1. The first-order valence-corrected chi connectivity index (χ1v) is 8.53. The van der Waals surface area contributed by atoms with Crippen LogP contribution in [0.5, 0.6) is 0 Å². The minimum Gasteiger partial charge on any atom is -0.350 e. The van der Waals surface area contributed by atoms with E-state index in [2.05, 4.69) is 26.2 Å². The molecule has 0 saturated heterocycles. The zero-order valence-electron chi connectivity index (χ0n) is 12.9. The van der Waals surface area contributed by atoms with Gasteiger partial charge in [-0.3, -0.25) is 14.0 Å². The first kappa shape index (κ1) is 15.7. The quantitative estimate of drug-likeness (QED) is 0.710. The Labute approximate surface area is 141 Å². The summed E-state index contributed by atoms with van der Waals surface area (Å²) in [6, 6.07) is 7.60. The predicted octanol–water partition coefficient (Wildman–Crippen LogP) is 2.35. The van der Waals surface area contributed by atoms with Gasteiger partial charge >= 0.3 is 0 Å². The second kappa shape index (κ2) is 6.16. The van der Waals surface area contributed by atoms with Crippen LogP contribution in [0.15, 0.2) is 35.4 Å². The summed E-state index contributed by atoms with van der Waals surface area (Å²) in [7, 11) is 0. The molecule has 1 amide bonds. The number of rotatable bonds is 4. The third kappa shape index (κ3) is 2.55. The minimum absolute atomic E-state index is 0.0225. The highest BCUT2D eigenvalue weighted by atomic mass is 79.9. The van der Waals surface area contributed by atoms with E-state index in [4.69, 9.17) is 0 Å². The van der Waals surface area contributed by atoms with Gasteiger partial charge in [-0.1, -0.05) is 28.1 Å². The molecule has 7 heteroatoms. The first-order chi connectivity index (χ1) is 11.1. The van der Waals surface area contributed by atoms with E-state index in [0.29, 0.717) is 17.4 Å². The van der Waals surface area contributed by atoms with Crippen molar-refractivity contribution in [3.8, 4) is 0 Å². The van der Waals surface area contributed by atoms with E-state index in [0.717, 1.165) is 11.0 Å². The van der Waals surface area contributed by atoms with Crippen LogP contribution in [0.1, 0.15) is 30.4 Å². The molecule has 0 bridgehead atoms. The molecule has 1 N–H and O–H groups in total. The van der Waals surface area contributed by atoms with Crippen LogP contribution in [0.4, 0.5) is 0 Å². The number of amides is 1. The zero-order valence-corrected chi connectivity index (χ0v) is 14.5. The summed E-state index contributed by atoms with van der Waals surface area (Å²) in [4.78, 5) is 29.4. The molecule has 0 unspecified atom stereocenters. The fourth-order valence-corrected chi connectivity index (χ4v) is 2.95. The normalized spacial score (nSPS) is 11.5. The molecule has 0 atom stereocenters. The maximum absolute atomic E-state index is 13.0. The molecule has 2 aromatic heterocycles. The van der Waals surface area contributed by atoms with Gasteiger partial charge in [-0.25, -0.2) is 4.98 Å². The molecule has 2 heterocycles. The van der Waals surface area contributed by atoms with Crippen LogP contribution >= 0.6 is 15.9 Å². The molecular weight excluding hydrogens is 360 g/mol. The van der Waals surface area contributed by atoms with Crippen molar-refractivity contribution in [1.29, 1.82) is 0 Å². The number of hydrogen-bond donors (Lipinski definition) is 1. The fraction of sp³-hybridized carbons (Fsp3) is 0.312. The van der Waals surface area contributed by atoms with Gasteiger partial charge in [0.15, 0.2) is 5.69 Å². The standard InChI is InChI=1S/C16H17BrN4O2/c1-10(2)21-12-6-4-3-5-11(12)20-9-19-13(14(20)16(21)23)15(22)18-8-7-17/h3-6,9-10H,7-8H2,1-2H3,(H,18,22). The van der Waals surface area contributed by atoms with Gasteiger partial charge in [0.25, 0.3) is 11.5 Å². The summed E-state index contributed by atoms with van der Waals surface area (Å²) in [5.74, 6) is -0.338. The number of carbonyl (C=O) groups excluding carboxylic acids is 1. The summed E-state index contributed by atoms with van der Waals surface area (Å²) in [6.45, 7) is 4.38. The molecule has 0 aliphatic heterocycles. The molecular formula is C16H17BrN4O2. The second-order valence-electron chi connectivity index (χ2n) is 5.51. The Hall–Kier alpha value is -2.15. The van der Waals surface area contributed by atoms with Gasteiger partial charge in [0, 0.05) is 17.9 Å². The number of benzene rings is 1. The van der Waals surface area contributed by atoms with Crippen molar-refractivity contribution >= 4 is 38.4 Å². The average molecular weight is 377 g/mol. The summed E-state index contributed by atoms with van der Waals surface area (Å²) in [5.41, 5.74) is 1.94. The van der Waals surface area contributed by atoms with Crippen molar-refractivity contribution in [1.82, 2.24) is 19.3 Å². The van der Waals surface area contributed by atoms with E-state index in [-0.39, 0.29) is 23.2 Å². The van der Waals surface area contributed by atoms with Crippen LogP contribution in [-0.4, -0.2) is 31.7 Å². The average Bonchev–Trinajstić information content (AvgIpc) is 2.98. The SMILES string of the molecule is CC(C)n1c(=O)c2c(C(=O)NCCBr)ncn2c2ccccc21. The highest BCUT2D eigenvalue weighted by molar-refractivity contribution is 9.09. The van der Waals surface area contributed by atoms with Crippen molar-refractivity contribution in [2.75, 3.05) is 11.9 Å². The molecule has 0 aliphatic carbocycles. The maximum atomic E-state index is 13.0. The van der Waals surface area contributed by atoms with E-state index in [1.54, 1.807) is 8.97 Å². The minimum atomic E-state index is -0.338. The Balaban J connectivity index is 2.36. The number of imidazole rings is 1. The van der Waals surface area contributed by atoms with Crippen LogP contribution in [0.3, 0.4) is 0 Å². The van der Waals surface area contributed by atoms with E-state index in [1.807, 2.05) is 38.1 Å². The highest BCUT2D eigenvalue weighted by Gasteiger charge is 2.20. The Morgan fingerprint density at radius 1 is 1.30 bits per heavy atom. The molecule has 0 spiro atoms. The summed E-state index contributed by atoms with van der Waals surface area (Å²) >= 11 is 3.26. The second-order valence-corrected chi connectivity index (χ2v) is 6.31. The zero-order chi connectivity index (χ0) is 16.6. The number of fused-ring (bicyclic) bond motifs is 3. The van der Waals surface area contributed by atoms with E-state index in [9.17, 15) is 9.59 Å². The van der Waals surface area contributed by atoms with Gasteiger partial charge in [0.1, 0.15) is 11.8 Å². The maximum Gasteiger partial charge on any atom is 0.278 e. The molecule has 3 rings (SSSR count). The Bertz CT molecular complexity index is 942. The van der Waals surface area contributed by atoms with Crippen LogP contribution in [0, 0.1) is 0 Å². The molecule has 23 heavy (non-hydrogen) atoms. The number of alkyl halides is 1. The number of nitrogens with one attached hydrogen (secondary N) is 1. The van der Waals surface area contributed by atoms with Crippen molar-refractivity contribution in [3.05, 3.63) is 46.6 Å². The Kier molecular flexibility index (Phi) is 4.21. The topological polar surface area (TPSA) is 68.4 Å². The molecule has 6 nitrogen and oxygen atoms in total. The highest BCUT2D eigenvalue weighted by Crippen LogP contribution is 2.19.